The van der Waals surface area contributed by atoms with E-state index in [1.807, 2.05) is 16.7 Å². The molecule has 0 saturated carbocycles. The number of nitrogens with one attached hydrogen (secondary N) is 1. The Labute approximate surface area is 169 Å². The number of nitrogens with zero attached hydrogens (tertiary/aromatic N) is 3. The smallest absolute Gasteiger partial charge is 0.242 e. The molecule has 1 N–H and O–H groups in total. The van der Waals surface area contributed by atoms with Crippen molar-refractivity contribution < 1.29 is 13.2 Å². The Morgan fingerprint density at radius 3 is 2.57 bits per heavy atom. The fourth-order valence-electron chi connectivity index (χ4n) is 2.71. The molecule has 3 aromatic rings. The molecule has 28 heavy (non-hydrogen) atoms. The zero-order chi connectivity index (χ0) is 20.3. The molecule has 1 aromatic heterocycles. The fraction of sp³-hybridized carbons (Fsp3) is 0.263. The van der Waals surface area contributed by atoms with Crippen molar-refractivity contribution >= 4 is 38.6 Å². The number of benzene rings is 2. The Kier molecular flexibility index (Phi) is 6.02. The van der Waals surface area contributed by atoms with Crippen LogP contribution >= 0.6 is 11.6 Å². The predicted molar refractivity (Wildman–Crippen MR) is 109 cm³/mol. The summed E-state index contributed by atoms with van der Waals surface area (Å²) in [6.45, 7) is 0.884. The summed E-state index contributed by atoms with van der Waals surface area (Å²) in [6.07, 6.45) is 1.90. The lowest BCUT2D eigenvalue weighted by molar-refractivity contribution is -0.121. The monoisotopic (exact) mass is 420 g/mol. The lowest BCUT2D eigenvalue weighted by atomic mass is 10.2. The van der Waals surface area contributed by atoms with Crippen LogP contribution < -0.4 is 5.32 Å². The second-order valence-electron chi connectivity index (χ2n) is 6.53. The zero-order valence-electron chi connectivity index (χ0n) is 15.6. The molecule has 0 bridgehead atoms. The largest absolute Gasteiger partial charge is 0.352 e. The Bertz CT molecular complexity index is 1090. The number of hydrogen-bond donors (Lipinski definition) is 1. The standard InChI is InChI=1S/C19H21ClN4O3S/c1-23(2)28(26,27)16-7-8-18-17(11-16)22-13-24(18)10-9-19(25)21-12-14-3-5-15(20)6-4-14/h3-8,11,13H,9-10,12H2,1-2H3,(H,21,25). The number of imidazole rings is 1. The quantitative estimate of drug-likeness (QED) is 0.636. The number of carbonyl (C=O) groups is 1. The lowest BCUT2D eigenvalue weighted by Gasteiger charge is -2.11. The van der Waals surface area contributed by atoms with E-state index < -0.39 is 10.0 Å². The molecule has 0 saturated heterocycles. The lowest BCUT2D eigenvalue weighted by Crippen LogP contribution is -2.23. The Hall–Kier alpha value is -2.42. The minimum atomic E-state index is -3.51. The van der Waals surface area contributed by atoms with Crippen molar-refractivity contribution in [1.82, 2.24) is 19.2 Å². The first-order chi connectivity index (χ1) is 13.3. The van der Waals surface area contributed by atoms with Gasteiger partial charge in [0.2, 0.25) is 15.9 Å². The van der Waals surface area contributed by atoms with E-state index in [0.29, 0.717) is 23.6 Å². The first kappa shape index (κ1) is 20.3. The minimum absolute atomic E-state index is 0.0800. The van der Waals surface area contributed by atoms with Crippen molar-refractivity contribution in [2.75, 3.05) is 14.1 Å². The molecule has 1 heterocycles. The summed E-state index contributed by atoms with van der Waals surface area (Å²) in [5, 5.41) is 3.53. The molecule has 0 aliphatic heterocycles. The first-order valence-electron chi connectivity index (χ1n) is 8.66. The van der Waals surface area contributed by atoms with Crippen molar-refractivity contribution in [3.05, 3.63) is 59.4 Å². The van der Waals surface area contributed by atoms with Crippen LogP contribution in [0.15, 0.2) is 53.7 Å². The number of carbonyl (C=O) groups excluding carboxylic acids is 1. The number of halogens is 1. The van der Waals surface area contributed by atoms with Crippen LogP contribution in [0.5, 0.6) is 0 Å². The van der Waals surface area contributed by atoms with Gasteiger partial charge in [-0.1, -0.05) is 23.7 Å². The van der Waals surface area contributed by atoms with Gasteiger partial charge in [0.1, 0.15) is 0 Å². The van der Waals surface area contributed by atoms with Gasteiger partial charge in [0, 0.05) is 38.6 Å². The van der Waals surface area contributed by atoms with E-state index in [2.05, 4.69) is 10.3 Å². The van der Waals surface area contributed by atoms with Crippen LogP contribution in [0.2, 0.25) is 5.02 Å². The van der Waals surface area contributed by atoms with Crippen LogP contribution in [0.4, 0.5) is 0 Å². The molecule has 2 aromatic carbocycles. The van der Waals surface area contributed by atoms with E-state index in [9.17, 15) is 13.2 Å². The van der Waals surface area contributed by atoms with Gasteiger partial charge in [0.05, 0.1) is 22.3 Å². The van der Waals surface area contributed by atoms with Gasteiger partial charge in [-0.15, -0.1) is 0 Å². The minimum Gasteiger partial charge on any atom is -0.352 e. The highest BCUT2D eigenvalue weighted by Gasteiger charge is 2.18. The average molecular weight is 421 g/mol. The maximum absolute atomic E-state index is 12.2. The zero-order valence-corrected chi connectivity index (χ0v) is 17.2. The summed E-state index contributed by atoms with van der Waals surface area (Å²) in [4.78, 5) is 16.6. The summed E-state index contributed by atoms with van der Waals surface area (Å²) in [5.74, 6) is -0.0800. The van der Waals surface area contributed by atoms with Crippen LogP contribution in [-0.2, 0) is 27.9 Å². The summed E-state index contributed by atoms with van der Waals surface area (Å²) in [6, 6.07) is 12.1. The molecule has 1 amide bonds. The predicted octanol–water partition coefficient (Wildman–Crippen LogP) is 2.65. The third-order valence-electron chi connectivity index (χ3n) is 4.35. The Morgan fingerprint density at radius 1 is 1.18 bits per heavy atom. The van der Waals surface area contributed by atoms with E-state index in [0.717, 1.165) is 15.4 Å². The second kappa shape index (κ2) is 8.30. The van der Waals surface area contributed by atoms with Crippen molar-refractivity contribution in [1.29, 1.82) is 0 Å². The molecule has 0 atom stereocenters. The van der Waals surface area contributed by atoms with Gasteiger partial charge < -0.3 is 9.88 Å². The van der Waals surface area contributed by atoms with Gasteiger partial charge in [-0.2, -0.15) is 0 Å². The summed E-state index contributed by atoms with van der Waals surface area (Å²) in [7, 11) is -0.536. The van der Waals surface area contributed by atoms with Crippen LogP contribution in [0, 0.1) is 0 Å². The Morgan fingerprint density at radius 2 is 1.89 bits per heavy atom. The molecule has 0 fully saturated rings. The maximum atomic E-state index is 12.2. The number of rotatable bonds is 7. The molecule has 3 rings (SSSR count). The van der Waals surface area contributed by atoms with Crippen molar-refractivity contribution in [3.8, 4) is 0 Å². The number of sulfonamides is 1. The van der Waals surface area contributed by atoms with Gasteiger partial charge in [0.15, 0.2) is 0 Å². The van der Waals surface area contributed by atoms with E-state index in [1.54, 1.807) is 36.7 Å². The molecule has 9 heteroatoms. The molecule has 0 spiro atoms. The molecule has 148 valence electrons. The summed E-state index contributed by atoms with van der Waals surface area (Å²) >= 11 is 5.85. The third-order valence-corrected chi connectivity index (χ3v) is 6.42. The van der Waals surface area contributed by atoms with E-state index >= 15 is 0 Å². The van der Waals surface area contributed by atoms with Crippen molar-refractivity contribution in [3.63, 3.8) is 0 Å². The number of aryl methyl sites for hydroxylation is 1. The highest BCUT2D eigenvalue weighted by molar-refractivity contribution is 7.89. The highest BCUT2D eigenvalue weighted by atomic mass is 35.5. The highest BCUT2D eigenvalue weighted by Crippen LogP contribution is 2.20. The van der Waals surface area contributed by atoms with Gasteiger partial charge in [-0.25, -0.2) is 17.7 Å². The van der Waals surface area contributed by atoms with E-state index in [4.69, 9.17) is 11.6 Å². The molecular weight excluding hydrogens is 400 g/mol. The molecule has 0 aliphatic carbocycles. The molecule has 0 radical (unpaired) electrons. The van der Waals surface area contributed by atoms with Crippen molar-refractivity contribution in [2.45, 2.75) is 24.4 Å². The second-order valence-corrected chi connectivity index (χ2v) is 9.12. The maximum Gasteiger partial charge on any atom is 0.242 e. The number of hydrogen-bond acceptors (Lipinski definition) is 4. The van der Waals surface area contributed by atoms with Crippen LogP contribution in [0.3, 0.4) is 0 Å². The Balaban J connectivity index is 1.63. The number of amides is 1. The van der Waals surface area contributed by atoms with Crippen LogP contribution in [0.25, 0.3) is 11.0 Å². The van der Waals surface area contributed by atoms with E-state index in [-0.39, 0.29) is 17.2 Å². The summed E-state index contributed by atoms with van der Waals surface area (Å²) < 4.78 is 27.5. The number of aromatic nitrogens is 2. The van der Waals surface area contributed by atoms with Gasteiger partial charge in [-0.05, 0) is 35.9 Å². The normalized spacial score (nSPS) is 11.9. The SMILES string of the molecule is CN(C)S(=O)(=O)c1ccc2c(c1)ncn2CCC(=O)NCc1ccc(Cl)cc1. The third kappa shape index (κ3) is 4.52. The number of fused-ring (bicyclic) bond motifs is 1. The first-order valence-corrected chi connectivity index (χ1v) is 10.5. The van der Waals surface area contributed by atoms with Gasteiger partial charge >= 0.3 is 0 Å². The fourth-order valence-corrected chi connectivity index (χ4v) is 3.75. The molecule has 0 unspecified atom stereocenters. The molecule has 7 nitrogen and oxygen atoms in total. The average Bonchev–Trinajstić information content (AvgIpc) is 3.08. The van der Waals surface area contributed by atoms with Crippen LogP contribution in [0.1, 0.15) is 12.0 Å². The molecular formula is C19H21ClN4O3S. The van der Waals surface area contributed by atoms with E-state index in [1.165, 1.54) is 14.1 Å². The van der Waals surface area contributed by atoms with Crippen molar-refractivity contribution in [2.24, 2.45) is 0 Å². The summed E-state index contributed by atoms with van der Waals surface area (Å²) in [5.41, 5.74) is 2.33. The van der Waals surface area contributed by atoms with Gasteiger partial charge in [-0.3, -0.25) is 4.79 Å². The van der Waals surface area contributed by atoms with Crippen LogP contribution in [-0.4, -0.2) is 42.3 Å². The molecule has 0 aliphatic rings. The van der Waals surface area contributed by atoms with Gasteiger partial charge in [0.25, 0.3) is 0 Å². The topological polar surface area (TPSA) is 84.3 Å².